The number of urea groups is 1. The number of hydrogen-bond acceptors (Lipinski definition) is 1. The van der Waals surface area contributed by atoms with Gasteiger partial charge in [-0.05, 0) is 0 Å². The van der Waals surface area contributed by atoms with Gasteiger partial charge in [-0.1, -0.05) is 15.9 Å². The molecule has 1 N–H and O–H groups in total. The minimum absolute atomic E-state index is 0.365. The second-order valence-corrected chi connectivity index (χ2v) is 3.18. The summed E-state index contributed by atoms with van der Waals surface area (Å²) in [5.74, 6) is 0. The zero-order valence-electron chi connectivity index (χ0n) is 6.99. The second-order valence-electron chi connectivity index (χ2n) is 2.38. The number of carbonyl (C=O) groups excluding carboxylic acids is 1. The number of carbonyl (C=O) groups is 1. The van der Waals surface area contributed by atoms with Crippen LogP contribution in [0.25, 0.3) is 0 Å². The Hall–Kier alpha value is -0.460. The van der Waals surface area contributed by atoms with Gasteiger partial charge in [0.2, 0.25) is 0 Å². The van der Waals surface area contributed by atoms with E-state index in [1.54, 1.807) is 5.32 Å². The molecule has 0 fully saturated rings. The summed E-state index contributed by atoms with van der Waals surface area (Å²) in [6.07, 6.45) is -4.36. The average Bonchev–Trinajstić information content (AvgIpc) is 1.99. The van der Waals surface area contributed by atoms with Crippen LogP contribution in [-0.2, 0) is 0 Å². The van der Waals surface area contributed by atoms with E-state index in [1.807, 2.05) is 0 Å². The van der Waals surface area contributed by atoms with Crippen molar-refractivity contribution in [2.45, 2.75) is 6.18 Å². The zero-order valence-corrected chi connectivity index (χ0v) is 8.57. The van der Waals surface area contributed by atoms with Crippen molar-refractivity contribution in [3.05, 3.63) is 0 Å². The van der Waals surface area contributed by atoms with Gasteiger partial charge in [-0.2, -0.15) is 13.2 Å². The monoisotopic (exact) mass is 262 g/mol. The lowest BCUT2D eigenvalue weighted by molar-refractivity contribution is -0.123. The summed E-state index contributed by atoms with van der Waals surface area (Å²) >= 11 is 3.06. The topological polar surface area (TPSA) is 32.3 Å². The fourth-order valence-electron chi connectivity index (χ4n) is 0.539. The summed E-state index contributed by atoms with van der Waals surface area (Å²) in [5, 5.41) is 2.28. The third-order valence-electron chi connectivity index (χ3n) is 1.21. The van der Waals surface area contributed by atoms with Gasteiger partial charge in [0.25, 0.3) is 0 Å². The molecule has 0 aliphatic carbocycles. The standard InChI is InChI=1S/C6H10BrF3N2O/c1-12(3-2-7)5(13)11-4-6(8,9)10/h2-4H2,1H3,(H,11,13). The molecule has 78 valence electrons. The van der Waals surface area contributed by atoms with Gasteiger partial charge < -0.3 is 10.2 Å². The molecular weight excluding hydrogens is 253 g/mol. The molecule has 0 aromatic heterocycles. The van der Waals surface area contributed by atoms with Crippen molar-refractivity contribution in [1.82, 2.24) is 10.2 Å². The summed E-state index contributed by atoms with van der Waals surface area (Å²) in [4.78, 5) is 12.0. The van der Waals surface area contributed by atoms with Crippen molar-refractivity contribution in [2.24, 2.45) is 0 Å². The Labute approximate surface area is 82.4 Å². The van der Waals surface area contributed by atoms with Crippen LogP contribution in [0.15, 0.2) is 0 Å². The summed E-state index contributed by atoms with van der Waals surface area (Å²) in [6.45, 7) is -0.928. The van der Waals surface area contributed by atoms with Crippen LogP contribution in [-0.4, -0.2) is 42.6 Å². The van der Waals surface area contributed by atoms with Gasteiger partial charge in [0.05, 0.1) is 0 Å². The van der Waals surface area contributed by atoms with E-state index in [9.17, 15) is 18.0 Å². The predicted molar refractivity (Wildman–Crippen MR) is 45.9 cm³/mol. The molecule has 0 saturated carbocycles. The van der Waals surface area contributed by atoms with Crippen molar-refractivity contribution >= 4 is 22.0 Å². The first-order chi connectivity index (χ1) is 5.87. The third kappa shape index (κ3) is 6.68. The summed E-state index contributed by atoms with van der Waals surface area (Å²) < 4.78 is 34.9. The van der Waals surface area contributed by atoms with Crippen LogP contribution in [0, 0.1) is 0 Å². The fraction of sp³-hybridized carbons (Fsp3) is 0.833. The van der Waals surface area contributed by atoms with Crippen LogP contribution in [0.1, 0.15) is 0 Å². The molecule has 2 amide bonds. The van der Waals surface area contributed by atoms with E-state index in [-0.39, 0.29) is 0 Å². The molecule has 0 aromatic carbocycles. The van der Waals surface area contributed by atoms with Crippen molar-refractivity contribution in [1.29, 1.82) is 0 Å². The van der Waals surface area contributed by atoms with E-state index >= 15 is 0 Å². The van der Waals surface area contributed by atoms with Gasteiger partial charge in [0.1, 0.15) is 6.54 Å². The molecule has 13 heavy (non-hydrogen) atoms. The number of nitrogens with zero attached hydrogens (tertiary/aromatic N) is 1. The Balaban J connectivity index is 3.74. The highest BCUT2D eigenvalue weighted by Gasteiger charge is 2.28. The van der Waals surface area contributed by atoms with E-state index in [0.29, 0.717) is 11.9 Å². The minimum Gasteiger partial charge on any atom is -0.329 e. The van der Waals surface area contributed by atoms with Gasteiger partial charge in [-0.3, -0.25) is 0 Å². The normalized spacial score (nSPS) is 11.2. The summed E-state index contributed by atoms with van der Waals surface area (Å²) in [5.41, 5.74) is 0. The van der Waals surface area contributed by atoms with E-state index in [1.165, 1.54) is 11.9 Å². The highest BCUT2D eigenvalue weighted by molar-refractivity contribution is 9.09. The van der Waals surface area contributed by atoms with E-state index in [0.717, 1.165) is 0 Å². The smallest absolute Gasteiger partial charge is 0.329 e. The molecule has 3 nitrogen and oxygen atoms in total. The molecule has 0 saturated heterocycles. The number of amides is 2. The van der Waals surface area contributed by atoms with Crippen LogP contribution in [0.5, 0.6) is 0 Å². The van der Waals surface area contributed by atoms with Crippen LogP contribution in [0.2, 0.25) is 0 Å². The molecular formula is C6H10BrF3N2O. The molecule has 0 bridgehead atoms. The maximum absolute atomic E-state index is 11.6. The van der Waals surface area contributed by atoms with Gasteiger partial charge >= 0.3 is 12.2 Å². The number of alkyl halides is 4. The molecule has 0 aromatic rings. The zero-order chi connectivity index (χ0) is 10.5. The third-order valence-corrected chi connectivity index (χ3v) is 1.56. The lowest BCUT2D eigenvalue weighted by Gasteiger charge is -2.17. The van der Waals surface area contributed by atoms with E-state index in [4.69, 9.17) is 0 Å². The minimum atomic E-state index is -4.36. The van der Waals surface area contributed by atoms with Gasteiger partial charge in [-0.15, -0.1) is 0 Å². The lowest BCUT2D eigenvalue weighted by atomic mass is 10.6. The lowest BCUT2D eigenvalue weighted by Crippen LogP contribution is -2.42. The molecule has 0 spiro atoms. The van der Waals surface area contributed by atoms with E-state index in [2.05, 4.69) is 15.9 Å². The Morgan fingerprint density at radius 1 is 1.54 bits per heavy atom. The molecule has 0 radical (unpaired) electrons. The summed E-state index contributed by atoms with van der Waals surface area (Å²) in [7, 11) is 1.42. The van der Waals surface area contributed by atoms with E-state index < -0.39 is 18.8 Å². The first-order valence-corrected chi connectivity index (χ1v) is 4.60. The average molecular weight is 263 g/mol. The van der Waals surface area contributed by atoms with Crippen molar-refractivity contribution in [3.63, 3.8) is 0 Å². The fourth-order valence-corrected chi connectivity index (χ4v) is 1.07. The van der Waals surface area contributed by atoms with Crippen LogP contribution in [0.4, 0.5) is 18.0 Å². The van der Waals surface area contributed by atoms with Crippen molar-refractivity contribution < 1.29 is 18.0 Å². The summed E-state index contributed by atoms with van der Waals surface area (Å²) in [6, 6.07) is -0.725. The van der Waals surface area contributed by atoms with Crippen LogP contribution >= 0.6 is 15.9 Å². The molecule has 0 rings (SSSR count). The second kappa shape index (κ2) is 5.31. The quantitative estimate of drug-likeness (QED) is 0.770. The number of halogens is 4. The first-order valence-electron chi connectivity index (χ1n) is 3.48. The molecule has 0 aliphatic rings. The van der Waals surface area contributed by atoms with Crippen LogP contribution < -0.4 is 5.32 Å². The Bertz CT molecular complexity index is 174. The molecule has 0 atom stereocenters. The maximum atomic E-state index is 11.6. The van der Waals surface area contributed by atoms with Crippen molar-refractivity contribution in [2.75, 3.05) is 25.5 Å². The number of hydrogen-bond donors (Lipinski definition) is 1. The Kier molecular flexibility index (Phi) is 5.12. The molecule has 7 heteroatoms. The molecule has 0 heterocycles. The highest BCUT2D eigenvalue weighted by Crippen LogP contribution is 2.12. The largest absolute Gasteiger partial charge is 0.405 e. The Morgan fingerprint density at radius 3 is 2.46 bits per heavy atom. The highest BCUT2D eigenvalue weighted by atomic mass is 79.9. The Morgan fingerprint density at radius 2 is 2.08 bits per heavy atom. The van der Waals surface area contributed by atoms with Crippen LogP contribution in [0.3, 0.4) is 0 Å². The van der Waals surface area contributed by atoms with Crippen molar-refractivity contribution in [3.8, 4) is 0 Å². The number of rotatable bonds is 3. The maximum Gasteiger partial charge on any atom is 0.405 e. The number of nitrogens with one attached hydrogen (secondary N) is 1. The molecule has 0 unspecified atom stereocenters. The predicted octanol–water partition coefficient (Wildman–Crippen LogP) is 1.58. The first kappa shape index (κ1) is 12.5. The van der Waals surface area contributed by atoms with Gasteiger partial charge in [-0.25, -0.2) is 4.79 Å². The van der Waals surface area contributed by atoms with Gasteiger partial charge in [0, 0.05) is 18.9 Å². The van der Waals surface area contributed by atoms with Gasteiger partial charge in [0.15, 0.2) is 0 Å². The molecule has 0 aliphatic heterocycles. The SMILES string of the molecule is CN(CCBr)C(=O)NCC(F)(F)F.